The van der Waals surface area contributed by atoms with E-state index in [1.54, 1.807) is 0 Å². The third-order valence-corrected chi connectivity index (χ3v) is 3.58. The maximum Gasteiger partial charge on any atom is 0.0635 e. The fourth-order valence-electron chi connectivity index (χ4n) is 2.00. The van der Waals surface area contributed by atoms with Gasteiger partial charge in [0.15, 0.2) is 0 Å². The van der Waals surface area contributed by atoms with Crippen LogP contribution in [0.5, 0.6) is 0 Å². The minimum atomic E-state index is 0.165. The molecule has 1 unspecified atom stereocenters. The van der Waals surface area contributed by atoms with E-state index in [2.05, 4.69) is 6.92 Å². The van der Waals surface area contributed by atoms with Crippen molar-refractivity contribution in [2.45, 2.75) is 31.2 Å². The zero-order chi connectivity index (χ0) is 10.3. The Labute approximate surface area is 89.2 Å². The summed E-state index contributed by atoms with van der Waals surface area (Å²) in [5.74, 6) is 0. The molecule has 1 fully saturated rings. The van der Waals surface area contributed by atoms with Crippen LogP contribution in [0.25, 0.3) is 0 Å². The highest BCUT2D eigenvalue weighted by molar-refractivity contribution is 6.33. The Hall–Kier alpha value is -0.730. The first-order valence-electron chi connectivity index (χ1n) is 4.87. The third-order valence-electron chi connectivity index (χ3n) is 3.23. The highest BCUT2D eigenvalue weighted by Gasteiger charge is 2.47. The van der Waals surface area contributed by atoms with Crippen molar-refractivity contribution in [2.24, 2.45) is 5.73 Å². The lowest BCUT2D eigenvalue weighted by atomic mass is 9.89. The number of hydrogen-bond acceptors (Lipinski definition) is 2. The van der Waals surface area contributed by atoms with Gasteiger partial charge in [0.1, 0.15) is 0 Å². The zero-order valence-electron chi connectivity index (χ0n) is 8.26. The van der Waals surface area contributed by atoms with Crippen LogP contribution in [0.4, 0.5) is 5.69 Å². The van der Waals surface area contributed by atoms with Gasteiger partial charge in [0.25, 0.3) is 0 Å². The molecule has 0 heterocycles. The lowest BCUT2D eigenvalue weighted by Crippen LogP contribution is -2.31. The van der Waals surface area contributed by atoms with Gasteiger partial charge in [-0.3, -0.25) is 0 Å². The van der Waals surface area contributed by atoms with Crippen LogP contribution in [-0.4, -0.2) is 6.04 Å². The number of nitrogens with two attached hydrogens (primary N) is 2. The van der Waals surface area contributed by atoms with Crippen molar-refractivity contribution < 1.29 is 0 Å². The van der Waals surface area contributed by atoms with Gasteiger partial charge in [-0.25, -0.2) is 0 Å². The van der Waals surface area contributed by atoms with E-state index in [4.69, 9.17) is 23.1 Å². The molecule has 4 N–H and O–H groups in total. The largest absolute Gasteiger partial charge is 0.398 e. The molecular formula is C11H15ClN2. The first-order valence-corrected chi connectivity index (χ1v) is 5.25. The van der Waals surface area contributed by atoms with Gasteiger partial charge in [0.05, 0.1) is 10.7 Å². The van der Waals surface area contributed by atoms with Crippen molar-refractivity contribution in [1.82, 2.24) is 0 Å². The molecule has 1 aliphatic carbocycles. The molecule has 76 valence electrons. The van der Waals surface area contributed by atoms with Crippen LogP contribution >= 0.6 is 11.6 Å². The van der Waals surface area contributed by atoms with Gasteiger partial charge in [0.2, 0.25) is 0 Å². The van der Waals surface area contributed by atoms with Crippen LogP contribution in [-0.2, 0) is 5.41 Å². The van der Waals surface area contributed by atoms with E-state index in [-0.39, 0.29) is 11.5 Å². The number of halogens is 1. The van der Waals surface area contributed by atoms with Crippen LogP contribution in [0.3, 0.4) is 0 Å². The lowest BCUT2D eigenvalue weighted by Gasteiger charge is -2.20. The van der Waals surface area contributed by atoms with Gasteiger partial charge in [-0.05, 0) is 37.5 Å². The maximum atomic E-state index is 5.98. The number of hydrogen-bond donors (Lipinski definition) is 2. The molecule has 0 amide bonds. The highest BCUT2D eigenvalue weighted by Crippen LogP contribution is 2.50. The maximum absolute atomic E-state index is 5.98. The normalized spacial score (nSPS) is 20.5. The predicted molar refractivity (Wildman–Crippen MR) is 60.4 cm³/mol. The summed E-state index contributed by atoms with van der Waals surface area (Å²) >= 11 is 5.87. The Bertz CT molecular complexity index is 356. The average molecular weight is 211 g/mol. The van der Waals surface area contributed by atoms with Gasteiger partial charge in [0, 0.05) is 11.5 Å². The summed E-state index contributed by atoms with van der Waals surface area (Å²) in [7, 11) is 0. The summed E-state index contributed by atoms with van der Waals surface area (Å²) in [5.41, 5.74) is 13.8. The molecule has 0 aliphatic heterocycles. The van der Waals surface area contributed by atoms with Gasteiger partial charge in [-0.15, -0.1) is 0 Å². The van der Waals surface area contributed by atoms with Gasteiger partial charge >= 0.3 is 0 Å². The molecule has 1 aromatic carbocycles. The molecule has 1 atom stereocenters. The molecule has 3 heteroatoms. The Balaban J connectivity index is 2.38. The van der Waals surface area contributed by atoms with Crippen molar-refractivity contribution in [2.75, 3.05) is 5.73 Å². The summed E-state index contributed by atoms with van der Waals surface area (Å²) in [5, 5.41) is 0.620. The molecule has 2 rings (SSSR count). The van der Waals surface area contributed by atoms with Crippen molar-refractivity contribution >= 4 is 17.3 Å². The van der Waals surface area contributed by atoms with Crippen molar-refractivity contribution in [1.29, 1.82) is 0 Å². The van der Waals surface area contributed by atoms with Gasteiger partial charge in [-0.1, -0.05) is 17.7 Å². The van der Waals surface area contributed by atoms with E-state index in [1.807, 2.05) is 18.2 Å². The SMILES string of the molecule is CC(N)C1(c2ccc(Cl)c(N)c2)CC1. The smallest absolute Gasteiger partial charge is 0.0635 e. The van der Waals surface area contributed by atoms with E-state index < -0.39 is 0 Å². The standard InChI is InChI=1S/C11H15ClN2/c1-7(13)11(4-5-11)8-2-3-9(12)10(14)6-8/h2-3,6-7H,4-5,13-14H2,1H3. The summed E-state index contributed by atoms with van der Waals surface area (Å²) in [6.45, 7) is 2.05. The first kappa shape index (κ1) is 9.81. The second kappa shape index (κ2) is 3.14. The number of nitrogen functional groups attached to an aromatic ring is 1. The zero-order valence-corrected chi connectivity index (χ0v) is 9.01. The van der Waals surface area contributed by atoms with Crippen molar-refractivity contribution in [3.63, 3.8) is 0 Å². The van der Waals surface area contributed by atoms with E-state index in [1.165, 1.54) is 5.56 Å². The summed E-state index contributed by atoms with van der Waals surface area (Å²) < 4.78 is 0. The summed E-state index contributed by atoms with van der Waals surface area (Å²) in [4.78, 5) is 0. The molecule has 0 saturated heterocycles. The second-order valence-electron chi connectivity index (χ2n) is 4.18. The van der Waals surface area contributed by atoms with E-state index >= 15 is 0 Å². The number of benzene rings is 1. The Kier molecular flexibility index (Phi) is 2.20. The van der Waals surface area contributed by atoms with Crippen LogP contribution in [0.2, 0.25) is 5.02 Å². The number of anilines is 1. The molecule has 0 bridgehead atoms. The number of rotatable bonds is 2. The highest BCUT2D eigenvalue weighted by atomic mass is 35.5. The molecule has 14 heavy (non-hydrogen) atoms. The van der Waals surface area contributed by atoms with Crippen molar-refractivity contribution in [3.05, 3.63) is 28.8 Å². The Morgan fingerprint density at radius 1 is 1.43 bits per heavy atom. The van der Waals surface area contributed by atoms with Crippen LogP contribution in [0.1, 0.15) is 25.3 Å². The Morgan fingerprint density at radius 2 is 2.07 bits per heavy atom. The van der Waals surface area contributed by atoms with Crippen LogP contribution in [0, 0.1) is 0 Å². The van der Waals surface area contributed by atoms with Gasteiger partial charge < -0.3 is 11.5 Å². The molecule has 0 spiro atoms. The first-order chi connectivity index (χ1) is 6.56. The van der Waals surface area contributed by atoms with E-state index in [9.17, 15) is 0 Å². The fraction of sp³-hybridized carbons (Fsp3) is 0.455. The summed E-state index contributed by atoms with van der Waals surface area (Å²) in [6, 6.07) is 6.03. The second-order valence-corrected chi connectivity index (χ2v) is 4.59. The lowest BCUT2D eigenvalue weighted by molar-refractivity contribution is 0.557. The molecule has 1 aliphatic rings. The van der Waals surface area contributed by atoms with Crippen LogP contribution in [0.15, 0.2) is 18.2 Å². The molecule has 2 nitrogen and oxygen atoms in total. The minimum absolute atomic E-state index is 0.165. The Morgan fingerprint density at radius 3 is 2.50 bits per heavy atom. The monoisotopic (exact) mass is 210 g/mol. The molecule has 0 radical (unpaired) electrons. The fourth-order valence-corrected chi connectivity index (χ4v) is 2.11. The topological polar surface area (TPSA) is 52.0 Å². The van der Waals surface area contributed by atoms with E-state index in [0.29, 0.717) is 10.7 Å². The van der Waals surface area contributed by atoms with Crippen LogP contribution < -0.4 is 11.5 Å². The molecular weight excluding hydrogens is 196 g/mol. The van der Waals surface area contributed by atoms with E-state index in [0.717, 1.165) is 12.8 Å². The predicted octanol–water partition coefficient (Wildman–Crippen LogP) is 2.30. The third kappa shape index (κ3) is 1.39. The minimum Gasteiger partial charge on any atom is -0.398 e. The molecule has 1 aromatic rings. The van der Waals surface area contributed by atoms with Gasteiger partial charge in [-0.2, -0.15) is 0 Å². The summed E-state index contributed by atoms with van der Waals surface area (Å²) in [6.07, 6.45) is 2.32. The quantitative estimate of drug-likeness (QED) is 0.736. The average Bonchev–Trinajstić information content (AvgIpc) is 2.90. The van der Waals surface area contributed by atoms with Crippen molar-refractivity contribution in [3.8, 4) is 0 Å². The molecule has 1 saturated carbocycles. The molecule has 0 aromatic heterocycles.